The number of phenols is 3. The van der Waals surface area contributed by atoms with E-state index in [2.05, 4.69) is 0 Å². The Morgan fingerprint density at radius 1 is 0.925 bits per heavy atom. The molecule has 1 fully saturated rings. The van der Waals surface area contributed by atoms with Crippen molar-refractivity contribution in [2.45, 2.75) is 30.5 Å². The number of aliphatic hydroxyl groups is 4. The molecule has 1 saturated heterocycles. The molecule has 12 nitrogen and oxygen atoms in total. The van der Waals surface area contributed by atoms with Gasteiger partial charge in [0.15, 0.2) is 11.5 Å². The van der Waals surface area contributed by atoms with Crippen LogP contribution in [0.5, 0.6) is 23.0 Å². The number of aromatic hydroxyl groups is 3. The first-order chi connectivity index (χ1) is 19.1. The lowest BCUT2D eigenvalue weighted by molar-refractivity contribution is -0.232. The van der Waals surface area contributed by atoms with Crippen molar-refractivity contribution >= 4 is 34.0 Å². The fraction of sp³-hybridized carbons (Fsp3) is 0.214. The van der Waals surface area contributed by atoms with E-state index in [-0.39, 0.29) is 22.3 Å². The molecule has 4 aromatic rings. The average Bonchev–Trinajstić information content (AvgIpc) is 2.93. The molecule has 1 aromatic heterocycles. The van der Waals surface area contributed by atoms with Crippen LogP contribution < -0.4 is 10.2 Å². The zero-order valence-electron chi connectivity index (χ0n) is 20.5. The number of benzene rings is 3. The Balaban J connectivity index is 1.57. The number of aliphatic hydroxyl groups excluding tert-OH is 4. The normalized spacial score (nSPS) is 23.1. The van der Waals surface area contributed by atoms with Crippen molar-refractivity contribution in [3.8, 4) is 23.0 Å². The van der Waals surface area contributed by atoms with Crippen LogP contribution in [0.4, 0.5) is 0 Å². The molecule has 208 valence electrons. The molecule has 0 amide bonds. The highest BCUT2D eigenvalue weighted by molar-refractivity contribution is 5.96. The molecule has 0 saturated carbocycles. The van der Waals surface area contributed by atoms with E-state index in [0.29, 0.717) is 0 Å². The summed E-state index contributed by atoms with van der Waals surface area (Å²) >= 11 is 0. The van der Waals surface area contributed by atoms with E-state index in [9.17, 15) is 45.3 Å². The molecular formula is C28H24O12. The number of carbonyl (C=O) groups is 1. The minimum absolute atomic E-state index is 0.158. The fourth-order valence-corrected chi connectivity index (χ4v) is 4.58. The van der Waals surface area contributed by atoms with Gasteiger partial charge in [-0.25, -0.2) is 4.79 Å². The molecule has 3 aromatic carbocycles. The highest BCUT2D eigenvalue weighted by atomic mass is 16.5. The largest absolute Gasteiger partial charge is 0.507 e. The summed E-state index contributed by atoms with van der Waals surface area (Å²) in [5.41, 5.74) is -1.07. The zero-order valence-corrected chi connectivity index (χ0v) is 20.5. The topological polar surface area (TPSA) is 207 Å². The monoisotopic (exact) mass is 552 g/mol. The van der Waals surface area contributed by atoms with Crippen LogP contribution in [0.15, 0.2) is 63.8 Å². The van der Waals surface area contributed by atoms with Gasteiger partial charge in [-0.15, -0.1) is 0 Å². The summed E-state index contributed by atoms with van der Waals surface area (Å²) in [5.74, 6) is -3.28. The maximum Gasteiger partial charge on any atom is 0.336 e. The number of phenolic OH excluding ortho intramolecular Hbond substituents is 3. The standard InChI is InChI=1S/C28H24O12/c29-11-19-24(34)26(36)27(37)28(40-19)21-15(31)10-18-22(25(21)35)23(33)13-8-17(14(30)9-16(13)38-18)39-20(32)7-6-12-4-2-1-3-5-12/h1-10,19,24,26-31,34-37H,11H2/b7-6+/t19-,24-,26+,27-,28+/m1/s1. The molecule has 12 heteroatoms. The molecule has 0 radical (unpaired) electrons. The second-order valence-electron chi connectivity index (χ2n) is 9.19. The number of hydrogen-bond donors (Lipinski definition) is 7. The molecule has 5 atom stereocenters. The smallest absolute Gasteiger partial charge is 0.336 e. The molecule has 5 rings (SSSR count). The van der Waals surface area contributed by atoms with Gasteiger partial charge in [0.25, 0.3) is 0 Å². The third-order valence-corrected chi connectivity index (χ3v) is 6.63. The maximum absolute atomic E-state index is 13.5. The second-order valence-corrected chi connectivity index (χ2v) is 9.19. The Kier molecular flexibility index (Phi) is 7.19. The van der Waals surface area contributed by atoms with Crippen LogP contribution in [0, 0.1) is 0 Å². The summed E-state index contributed by atoms with van der Waals surface area (Å²) in [6, 6.07) is 11.9. The number of esters is 1. The van der Waals surface area contributed by atoms with Crippen LogP contribution in [0.2, 0.25) is 0 Å². The van der Waals surface area contributed by atoms with Crippen LogP contribution in [-0.4, -0.2) is 72.7 Å². The highest BCUT2D eigenvalue weighted by Crippen LogP contribution is 2.45. The number of rotatable bonds is 5. The van der Waals surface area contributed by atoms with Crippen LogP contribution in [0.1, 0.15) is 17.2 Å². The summed E-state index contributed by atoms with van der Waals surface area (Å²) in [6.45, 7) is -0.755. The van der Waals surface area contributed by atoms with Gasteiger partial charge in [-0.3, -0.25) is 4.79 Å². The summed E-state index contributed by atoms with van der Waals surface area (Å²) in [4.78, 5) is 25.8. The highest BCUT2D eigenvalue weighted by Gasteiger charge is 2.46. The Morgan fingerprint density at radius 2 is 1.62 bits per heavy atom. The Hall–Kier alpha value is -4.46. The quantitative estimate of drug-likeness (QED) is 0.0807. The van der Waals surface area contributed by atoms with Gasteiger partial charge in [0.05, 0.1) is 17.6 Å². The van der Waals surface area contributed by atoms with E-state index < -0.39 is 76.7 Å². The molecule has 0 unspecified atom stereocenters. The van der Waals surface area contributed by atoms with Crippen molar-refractivity contribution in [1.29, 1.82) is 0 Å². The Morgan fingerprint density at radius 3 is 2.33 bits per heavy atom. The van der Waals surface area contributed by atoms with Crippen molar-refractivity contribution in [2.75, 3.05) is 6.61 Å². The van der Waals surface area contributed by atoms with Gasteiger partial charge in [-0.1, -0.05) is 30.3 Å². The summed E-state index contributed by atoms with van der Waals surface area (Å²) in [6.07, 6.45) is -5.73. The first-order valence-electron chi connectivity index (χ1n) is 12.0. The molecule has 1 aliphatic rings. The van der Waals surface area contributed by atoms with E-state index in [0.717, 1.165) is 29.8 Å². The van der Waals surface area contributed by atoms with Crippen LogP contribution in [-0.2, 0) is 9.53 Å². The maximum atomic E-state index is 13.5. The Bertz CT molecular complexity index is 1670. The Labute approximate surface area is 224 Å². The van der Waals surface area contributed by atoms with Gasteiger partial charge in [0.1, 0.15) is 58.6 Å². The van der Waals surface area contributed by atoms with E-state index in [1.807, 2.05) is 6.07 Å². The van der Waals surface area contributed by atoms with Crippen molar-refractivity contribution in [3.05, 3.63) is 76.0 Å². The third-order valence-electron chi connectivity index (χ3n) is 6.63. The van der Waals surface area contributed by atoms with Crippen molar-refractivity contribution < 1.29 is 54.4 Å². The summed E-state index contributed by atoms with van der Waals surface area (Å²) in [7, 11) is 0. The van der Waals surface area contributed by atoms with Gasteiger partial charge in [-0.2, -0.15) is 0 Å². The third kappa shape index (κ3) is 4.74. The lowest BCUT2D eigenvalue weighted by Gasteiger charge is -2.40. The van der Waals surface area contributed by atoms with Crippen LogP contribution in [0.25, 0.3) is 28.0 Å². The van der Waals surface area contributed by atoms with Gasteiger partial charge in [0, 0.05) is 18.2 Å². The molecular weight excluding hydrogens is 528 g/mol. The second kappa shape index (κ2) is 10.6. The number of ether oxygens (including phenoxy) is 2. The van der Waals surface area contributed by atoms with E-state index >= 15 is 0 Å². The molecule has 0 aliphatic carbocycles. The van der Waals surface area contributed by atoms with E-state index in [1.165, 1.54) is 6.08 Å². The first-order valence-corrected chi connectivity index (χ1v) is 12.0. The molecule has 2 heterocycles. The van der Waals surface area contributed by atoms with E-state index in [4.69, 9.17) is 13.9 Å². The van der Waals surface area contributed by atoms with Gasteiger partial charge in [0.2, 0.25) is 5.43 Å². The molecule has 40 heavy (non-hydrogen) atoms. The van der Waals surface area contributed by atoms with Crippen LogP contribution in [0.3, 0.4) is 0 Å². The first kappa shape index (κ1) is 27.1. The lowest BCUT2D eigenvalue weighted by Crippen LogP contribution is -2.55. The lowest BCUT2D eigenvalue weighted by atomic mass is 9.89. The predicted octanol–water partition coefficient (Wildman–Crippen LogP) is 1.20. The number of fused-ring (bicyclic) bond motifs is 2. The molecule has 7 N–H and O–H groups in total. The van der Waals surface area contributed by atoms with Gasteiger partial charge < -0.3 is 49.6 Å². The summed E-state index contributed by atoms with van der Waals surface area (Å²) < 4.78 is 16.2. The number of carbonyl (C=O) groups excluding carboxylic acids is 1. The van der Waals surface area contributed by atoms with Crippen LogP contribution >= 0.6 is 0 Å². The predicted molar refractivity (Wildman–Crippen MR) is 139 cm³/mol. The average molecular weight is 552 g/mol. The van der Waals surface area contributed by atoms with Crippen molar-refractivity contribution in [1.82, 2.24) is 0 Å². The summed E-state index contributed by atoms with van der Waals surface area (Å²) in [5, 5.41) is 71.5. The van der Waals surface area contributed by atoms with Crippen molar-refractivity contribution in [2.24, 2.45) is 0 Å². The molecule has 0 spiro atoms. The fourth-order valence-electron chi connectivity index (χ4n) is 4.58. The van der Waals surface area contributed by atoms with E-state index in [1.54, 1.807) is 24.3 Å². The number of hydrogen-bond acceptors (Lipinski definition) is 12. The SMILES string of the molecule is O=C(/C=C/c1ccccc1)Oc1cc2c(=O)c3c(O)c([C@@H]4O[C@H](CO)[C@@H](O)[C@H](O)[C@H]4O)c(O)cc3oc2cc1O. The van der Waals surface area contributed by atoms with Gasteiger partial charge >= 0.3 is 5.97 Å². The molecule has 0 bridgehead atoms. The van der Waals surface area contributed by atoms with Crippen molar-refractivity contribution in [3.63, 3.8) is 0 Å². The molecule has 1 aliphatic heterocycles. The zero-order chi connectivity index (χ0) is 28.7. The minimum Gasteiger partial charge on any atom is -0.507 e. The van der Waals surface area contributed by atoms with Gasteiger partial charge in [-0.05, 0) is 17.7 Å². The minimum atomic E-state index is -1.86.